The van der Waals surface area contributed by atoms with Crippen molar-refractivity contribution >= 4 is 17.7 Å². The Labute approximate surface area is 129 Å². The van der Waals surface area contributed by atoms with Crippen molar-refractivity contribution in [3.05, 3.63) is 0 Å². The molecular weight excluding hydrogens is 288 g/mol. The second-order valence-corrected chi connectivity index (χ2v) is 6.85. The minimum absolute atomic E-state index is 0.0454. The first-order valence-corrected chi connectivity index (χ1v) is 7.60. The smallest absolute Gasteiger partial charge is 0.234 e. The number of amides is 1. The summed E-state index contributed by atoms with van der Waals surface area (Å²) in [7, 11) is 0. The molecule has 1 aromatic heterocycles. The van der Waals surface area contributed by atoms with Crippen LogP contribution in [0.15, 0.2) is 5.16 Å². The molecule has 8 heteroatoms. The zero-order valence-corrected chi connectivity index (χ0v) is 13.7. The van der Waals surface area contributed by atoms with Crippen LogP contribution in [0.5, 0.6) is 0 Å². The number of thioether (sulfide) groups is 1. The minimum Gasteiger partial charge on any atom is -0.344 e. The van der Waals surface area contributed by atoms with Crippen LogP contribution in [0, 0.1) is 12.3 Å². The van der Waals surface area contributed by atoms with Crippen LogP contribution in [0.1, 0.15) is 27.7 Å². The van der Waals surface area contributed by atoms with Crippen molar-refractivity contribution in [3.8, 4) is 12.3 Å². The summed E-state index contributed by atoms with van der Waals surface area (Å²) in [4.78, 5) is 11.8. The second kappa shape index (κ2) is 8.00. The molecule has 0 aromatic carbocycles. The molecule has 0 fully saturated rings. The summed E-state index contributed by atoms with van der Waals surface area (Å²) >= 11 is 1.31. The predicted molar refractivity (Wildman–Crippen MR) is 82.7 cm³/mol. The number of nitrogens with zero attached hydrogens (tertiary/aromatic N) is 4. The molecule has 1 unspecified atom stereocenters. The van der Waals surface area contributed by atoms with Gasteiger partial charge in [-0.1, -0.05) is 17.7 Å². The van der Waals surface area contributed by atoms with Gasteiger partial charge in [0.25, 0.3) is 0 Å². The van der Waals surface area contributed by atoms with Crippen molar-refractivity contribution in [2.75, 3.05) is 13.1 Å². The van der Waals surface area contributed by atoms with Crippen molar-refractivity contribution in [2.24, 2.45) is 0 Å². The van der Waals surface area contributed by atoms with Gasteiger partial charge in [0.1, 0.15) is 0 Å². The first-order chi connectivity index (χ1) is 9.83. The molecule has 0 aliphatic heterocycles. The lowest BCUT2D eigenvalue weighted by Gasteiger charge is -2.20. The molecule has 116 valence electrons. The Hall–Kier alpha value is -1.59. The summed E-state index contributed by atoms with van der Waals surface area (Å²) in [6.45, 7) is 9.71. The predicted octanol–water partition coefficient (Wildman–Crippen LogP) is 0.291. The third-order valence-electron chi connectivity index (χ3n) is 2.49. The molecule has 1 atom stereocenters. The van der Waals surface area contributed by atoms with Crippen LogP contribution in [0.2, 0.25) is 0 Å². The Balaban J connectivity index is 2.51. The second-order valence-electron chi connectivity index (χ2n) is 5.54. The molecule has 0 saturated heterocycles. The number of aromatic nitrogens is 4. The number of carbonyl (C=O) groups is 1. The standard InChI is InChI=1S/C13H22N6OS/c1-6-7-14-11(20)10(2)21-12-16-17-18-19(12)9-8-15-13(3,4)5/h1,10,15H,7-9H2,2-5H3,(H,14,20). The Morgan fingerprint density at radius 1 is 1.52 bits per heavy atom. The van der Waals surface area contributed by atoms with E-state index in [0.29, 0.717) is 11.7 Å². The summed E-state index contributed by atoms with van der Waals surface area (Å²) < 4.78 is 1.69. The van der Waals surface area contributed by atoms with Gasteiger partial charge >= 0.3 is 0 Å². The molecule has 0 radical (unpaired) electrons. The largest absolute Gasteiger partial charge is 0.344 e. The maximum atomic E-state index is 11.8. The van der Waals surface area contributed by atoms with Crippen LogP contribution in [0.25, 0.3) is 0 Å². The number of hydrogen-bond acceptors (Lipinski definition) is 6. The Morgan fingerprint density at radius 2 is 2.24 bits per heavy atom. The van der Waals surface area contributed by atoms with Crippen LogP contribution in [-0.2, 0) is 11.3 Å². The molecule has 0 aliphatic rings. The van der Waals surface area contributed by atoms with Crippen LogP contribution in [0.4, 0.5) is 0 Å². The highest BCUT2D eigenvalue weighted by atomic mass is 32.2. The molecule has 1 aromatic rings. The molecular formula is C13H22N6OS. The molecule has 1 amide bonds. The van der Waals surface area contributed by atoms with Gasteiger partial charge in [-0.25, -0.2) is 4.68 Å². The molecule has 0 saturated carbocycles. The lowest BCUT2D eigenvalue weighted by Crippen LogP contribution is -2.38. The van der Waals surface area contributed by atoms with Crippen molar-refractivity contribution < 1.29 is 4.79 Å². The van der Waals surface area contributed by atoms with E-state index in [1.807, 2.05) is 0 Å². The minimum atomic E-state index is -0.307. The molecule has 0 aliphatic carbocycles. The van der Waals surface area contributed by atoms with E-state index in [0.717, 1.165) is 6.54 Å². The van der Waals surface area contributed by atoms with Gasteiger partial charge in [0.2, 0.25) is 11.1 Å². The Morgan fingerprint density at radius 3 is 2.86 bits per heavy atom. The normalized spacial score (nSPS) is 12.7. The summed E-state index contributed by atoms with van der Waals surface area (Å²) in [6.07, 6.45) is 5.11. The highest BCUT2D eigenvalue weighted by Gasteiger charge is 2.18. The van der Waals surface area contributed by atoms with Gasteiger partial charge in [-0.2, -0.15) is 0 Å². The van der Waals surface area contributed by atoms with Gasteiger partial charge in [0.15, 0.2) is 0 Å². The van der Waals surface area contributed by atoms with Crippen molar-refractivity contribution in [1.29, 1.82) is 0 Å². The number of nitrogens with one attached hydrogen (secondary N) is 2. The molecule has 21 heavy (non-hydrogen) atoms. The molecule has 0 bridgehead atoms. The molecule has 0 spiro atoms. The van der Waals surface area contributed by atoms with Crippen molar-refractivity contribution in [1.82, 2.24) is 30.8 Å². The number of carbonyl (C=O) groups excluding carboxylic acids is 1. The maximum Gasteiger partial charge on any atom is 0.234 e. The van der Waals surface area contributed by atoms with E-state index in [-0.39, 0.29) is 23.2 Å². The van der Waals surface area contributed by atoms with Gasteiger partial charge < -0.3 is 10.6 Å². The zero-order valence-electron chi connectivity index (χ0n) is 12.9. The molecule has 1 rings (SSSR count). The van der Waals surface area contributed by atoms with Gasteiger partial charge in [0, 0.05) is 12.1 Å². The SMILES string of the molecule is C#CCNC(=O)C(C)Sc1nnnn1CCNC(C)(C)C. The average Bonchev–Trinajstić information content (AvgIpc) is 2.82. The Kier molecular flexibility index (Phi) is 6.65. The number of terminal acetylenes is 1. The lowest BCUT2D eigenvalue weighted by atomic mass is 10.1. The third kappa shape index (κ3) is 6.60. The third-order valence-corrected chi connectivity index (χ3v) is 3.56. The first kappa shape index (κ1) is 17.5. The highest BCUT2D eigenvalue weighted by molar-refractivity contribution is 8.00. The number of hydrogen-bond donors (Lipinski definition) is 2. The summed E-state index contributed by atoms with van der Waals surface area (Å²) in [6, 6.07) is 0. The number of tetrazole rings is 1. The monoisotopic (exact) mass is 310 g/mol. The Bertz CT molecular complexity index is 501. The topological polar surface area (TPSA) is 84.7 Å². The van der Waals surface area contributed by atoms with E-state index in [1.54, 1.807) is 11.6 Å². The first-order valence-electron chi connectivity index (χ1n) is 6.72. The van der Waals surface area contributed by atoms with Crippen molar-refractivity contribution in [3.63, 3.8) is 0 Å². The quantitative estimate of drug-likeness (QED) is 0.556. The summed E-state index contributed by atoms with van der Waals surface area (Å²) in [5.74, 6) is 2.25. The fraction of sp³-hybridized carbons (Fsp3) is 0.692. The highest BCUT2D eigenvalue weighted by Crippen LogP contribution is 2.19. The van der Waals surface area contributed by atoms with E-state index < -0.39 is 0 Å². The van der Waals surface area contributed by atoms with Gasteiger partial charge in [0.05, 0.1) is 18.3 Å². The van der Waals surface area contributed by atoms with E-state index in [9.17, 15) is 4.79 Å². The molecule has 2 N–H and O–H groups in total. The summed E-state index contributed by atoms with van der Waals surface area (Å²) in [5, 5.41) is 17.9. The number of rotatable bonds is 7. The fourth-order valence-corrected chi connectivity index (χ4v) is 2.29. The van der Waals surface area contributed by atoms with Crippen LogP contribution in [-0.4, -0.2) is 50.0 Å². The summed E-state index contributed by atoms with van der Waals surface area (Å²) in [5.41, 5.74) is 0.0454. The van der Waals surface area contributed by atoms with Gasteiger partial charge in [-0.05, 0) is 38.1 Å². The van der Waals surface area contributed by atoms with Crippen LogP contribution >= 0.6 is 11.8 Å². The van der Waals surface area contributed by atoms with E-state index in [2.05, 4.69) is 52.9 Å². The molecule has 1 heterocycles. The fourth-order valence-electron chi connectivity index (χ4n) is 1.45. The van der Waals surface area contributed by atoms with Crippen LogP contribution in [0.3, 0.4) is 0 Å². The van der Waals surface area contributed by atoms with E-state index in [4.69, 9.17) is 6.42 Å². The van der Waals surface area contributed by atoms with E-state index >= 15 is 0 Å². The van der Waals surface area contributed by atoms with Gasteiger partial charge in [-0.3, -0.25) is 4.79 Å². The average molecular weight is 310 g/mol. The lowest BCUT2D eigenvalue weighted by molar-refractivity contribution is -0.120. The maximum absolute atomic E-state index is 11.8. The van der Waals surface area contributed by atoms with E-state index in [1.165, 1.54) is 11.8 Å². The zero-order chi connectivity index (χ0) is 15.9. The van der Waals surface area contributed by atoms with Crippen LogP contribution < -0.4 is 10.6 Å². The van der Waals surface area contributed by atoms with Crippen molar-refractivity contribution in [2.45, 2.75) is 50.2 Å². The van der Waals surface area contributed by atoms with Gasteiger partial charge in [-0.15, -0.1) is 11.5 Å². The molecule has 7 nitrogen and oxygen atoms in total.